The fraction of sp³-hybridized carbons (Fsp3) is 0.350. The highest BCUT2D eigenvalue weighted by atomic mass is 32.2. The van der Waals surface area contributed by atoms with Gasteiger partial charge in [0.1, 0.15) is 0 Å². The van der Waals surface area contributed by atoms with Gasteiger partial charge in [0.05, 0.1) is 17.1 Å². The third-order valence-electron chi connectivity index (χ3n) is 4.66. The molecule has 0 saturated carbocycles. The molecule has 0 atom stereocenters. The maximum atomic E-state index is 12.6. The number of benzene rings is 2. The summed E-state index contributed by atoms with van der Waals surface area (Å²) in [5.74, 6) is -0.473. The SMILES string of the molecule is CCOC(=O)c1ccc(S(=O)(=O)Nc2ccc(N3CCN(C)CC3)cc2)cc1. The van der Waals surface area contributed by atoms with Crippen molar-refractivity contribution in [2.45, 2.75) is 11.8 Å². The van der Waals surface area contributed by atoms with Gasteiger partial charge in [0, 0.05) is 37.6 Å². The van der Waals surface area contributed by atoms with Crippen molar-refractivity contribution < 1.29 is 17.9 Å². The molecule has 2 aromatic rings. The van der Waals surface area contributed by atoms with Gasteiger partial charge < -0.3 is 14.5 Å². The maximum Gasteiger partial charge on any atom is 0.338 e. The second-order valence-corrected chi connectivity index (χ2v) is 8.37. The Labute approximate surface area is 166 Å². The minimum atomic E-state index is -3.74. The van der Waals surface area contributed by atoms with Crippen LogP contribution in [0.5, 0.6) is 0 Å². The van der Waals surface area contributed by atoms with Crippen molar-refractivity contribution in [3.05, 3.63) is 54.1 Å². The lowest BCUT2D eigenvalue weighted by molar-refractivity contribution is 0.0526. The number of likely N-dealkylation sites (N-methyl/N-ethyl adjacent to an activating group) is 1. The smallest absolute Gasteiger partial charge is 0.338 e. The summed E-state index contributed by atoms with van der Waals surface area (Å²) in [6.07, 6.45) is 0. The summed E-state index contributed by atoms with van der Waals surface area (Å²) in [5.41, 5.74) is 1.89. The van der Waals surface area contributed by atoms with E-state index in [9.17, 15) is 13.2 Å². The Balaban J connectivity index is 1.67. The molecule has 2 aromatic carbocycles. The summed E-state index contributed by atoms with van der Waals surface area (Å²) in [7, 11) is -1.63. The molecule has 0 aromatic heterocycles. The van der Waals surface area contributed by atoms with Crippen LogP contribution in [0.4, 0.5) is 11.4 Å². The first-order chi connectivity index (χ1) is 13.4. The Morgan fingerprint density at radius 1 is 1.00 bits per heavy atom. The van der Waals surface area contributed by atoms with Gasteiger partial charge in [-0.1, -0.05) is 0 Å². The quantitative estimate of drug-likeness (QED) is 0.747. The number of hydrogen-bond acceptors (Lipinski definition) is 6. The largest absolute Gasteiger partial charge is 0.462 e. The van der Waals surface area contributed by atoms with Gasteiger partial charge in [-0.25, -0.2) is 13.2 Å². The topological polar surface area (TPSA) is 78.9 Å². The average molecular weight is 404 g/mol. The lowest BCUT2D eigenvalue weighted by atomic mass is 10.2. The molecule has 7 nitrogen and oxygen atoms in total. The van der Waals surface area contributed by atoms with E-state index in [2.05, 4.69) is 21.6 Å². The molecule has 8 heteroatoms. The first-order valence-corrected chi connectivity index (χ1v) is 10.7. The first-order valence-electron chi connectivity index (χ1n) is 9.22. The van der Waals surface area contributed by atoms with E-state index < -0.39 is 16.0 Å². The van der Waals surface area contributed by atoms with Gasteiger partial charge >= 0.3 is 5.97 Å². The third-order valence-corrected chi connectivity index (χ3v) is 6.06. The van der Waals surface area contributed by atoms with E-state index in [1.54, 1.807) is 19.1 Å². The minimum Gasteiger partial charge on any atom is -0.462 e. The Hall–Kier alpha value is -2.58. The monoisotopic (exact) mass is 403 g/mol. The highest BCUT2D eigenvalue weighted by Gasteiger charge is 2.17. The standard InChI is InChI=1S/C20H25N3O4S/c1-3-27-20(24)16-4-10-19(11-5-16)28(25,26)21-17-6-8-18(9-7-17)23-14-12-22(2)13-15-23/h4-11,21H,3,12-15H2,1-2H3. The summed E-state index contributed by atoms with van der Waals surface area (Å²) in [5, 5.41) is 0. The van der Waals surface area contributed by atoms with E-state index in [1.807, 2.05) is 12.1 Å². The molecule has 0 amide bonds. The van der Waals surface area contributed by atoms with E-state index in [0.29, 0.717) is 11.3 Å². The van der Waals surface area contributed by atoms with Crippen molar-refractivity contribution in [2.24, 2.45) is 0 Å². The van der Waals surface area contributed by atoms with E-state index in [-0.39, 0.29) is 11.5 Å². The fourth-order valence-electron chi connectivity index (χ4n) is 3.00. The number of carbonyl (C=O) groups is 1. The van der Waals surface area contributed by atoms with Crippen molar-refractivity contribution in [3.63, 3.8) is 0 Å². The molecule has 0 bridgehead atoms. The summed E-state index contributed by atoms with van der Waals surface area (Å²) < 4.78 is 32.7. The first kappa shape index (κ1) is 20.2. The van der Waals surface area contributed by atoms with Crippen LogP contribution in [-0.4, -0.2) is 59.1 Å². The molecule has 1 heterocycles. The van der Waals surface area contributed by atoms with Crippen molar-refractivity contribution in [1.29, 1.82) is 0 Å². The van der Waals surface area contributed by atoms with Gasteiger partial charge in [-0.15, -0.1) is 0 Å². The van der Waals surface area contributed by atoms with E-state index in [1.165, 1.54) is 24.3 Å². The predicted molar refractivity (Wildman–Crippen MR) is 109 cm³/mol. The second-order valence-electron chi connectivity index (χ2n) is 6.69. The molecule has 28 heavy (non-hydrogen) atoms. The highest BCUT2D eigenvalue weighted by molar-refractivity contribution is 7.92. The molecule has 0 spiro atoms. The van der Waals surface area contributed by atoms with Crippen LogP contribution >= 0.6 is 0 Å². The van der Waals surface area contributed by atoms with Crippen LogP contribution in [0.1, 0.15) is 17.3 Å². The molecule has 1 N–H and O–H groups in total. The van der Waals surface area contributed by atoms with Crippen molar-refractivity contribution in [2.75, 3.05) is 49.5 Å². The number of esters is 1. The summed E-state index contributed by atoms with van der Waals surface area (Å²) in [4.78, 5) is 16.3. The predicted octanol–water partition coefficient (Wildman–Crippen LogP) is 2.42. The molecular weight excluding hydrogens is 378 g/mol. The normalized spacial score (nSPS) is 15.3. The molecule has 150 valence electrons. The van der Waals surface area contributed by atoms with Crippen LogP contribution < -0.4 is 9.62 Å². The van der Waals surface area contributed by atoms with Gasteiger partial charge in [-0.05, 0) is 62.5 Å². The van der Waals surface area contributed by atoms with E-state index in [4.69, 9.17) is 4.74 Å². The zero-order valence-corrected chi connectivity index (χ0v) is 16.9. The molecule has 0 radical (unpaired) electrons. The van der Waals surface area contributed by atoms with E-state index >= 15 is 0 Å². The fourth-order valence-corrected chi connectivity index (χ4v) is 4.06. The van der Waals surface area contributed by atoms with Gasteiger partial charge in [0.25, 0.3) is 10.0 Å². The number of piperazine rings is 1. The number of nitrogens with one attached hydrogen (secondary N) is 1. The maximum absolute atomic E-state index is 12.6. The highest BCUT2D eigenvalue weighted by Crippen LogP contribution is 2.22. The van der Waals surface area contributed by atoms with Gasteiger partial charge in [0.15, 0.2) is 0 Å². The molecular formula is C20H25N3O4S. The number of nitrogens with zero attached hydrogens (tertiary/aromatic N) is 2. The molecule has 0 unspecified atom stereocenters. The Morgan fingerprint density at radius 3 is 2.18 bits per heavy atom. The van der Waals surface area contributed by atoms with Crippen molar-refractivity contribution >= 4 is 27.4 Å². The average Bonchev–Trinajstić information content (AvgIpc) is 2.69. The number of sulfonamides is 1. The van der Waals surface area contributed by atoms with Crippen LogP contribution in [-0.2, 0) is 14.8 Å². The number of hydrogen-bond donors (Lipinski definition) is 1. The van der Waals surface area contributed by atoms with Crippen LogP contribution in [0.3, 0.4) is 0 Å². The lowest BCUT2D eigenvalue weighted by Crippen LogP contribution is -2.44. The molecule has 3 rings (SSSR count). The Morgan fingerprint density at radius 2 is 1.61 bits per heavy atom. The van der Waals surface area contributed by atoms with E-state index in [0.717, 1.165) is 31.9 Å². The minimum absolute atomic E-state index is 0.0868. The molecule has 1 fully saturated rings. The molecule has 1 aliphatic rings. The van der Waals surface area contributed by atoms with Gasteiger partial charge in [0.2, 0.25) is 0 Å². The Bertz CT molecular complexity index is 903. The lowest BCUT2D eigenvalue weighted by Gasteiger charge is -2.34. The number of carbonyl (C=O) groups excluding carboxylic acids is 1. The zero-order valence-electron chi connectivity index (χ0n) is 16.1. The van der Waals surface area contributed by atoms with Crippen molar-refractivity contribution in [1.82, 2.24) is 4.90 Å². The zero-order chi connectivity index (χ0) is 20.1. The third kappa shape index (κ3) is 4.82. The number of rotatable bonds is 6. The van der Waals surface area contributed by atoms with Crippen molar-refractivity contribution in [3.8, 4) is 0 Å². The second kappa shape index (κ2) is 8.62. The molecule has 0 aliphatic carbocycles. The summed E-state index contributed by atoms with van der Waals surface area (Å²) in [6.45, 7) is 5.91. The van der Waals surface area contributed by atoms with Gasteiger partial charge in [-0.2, -0.15) is 0 Å². The van der Waals surface area contributed by atoms with Crippen LogP contribution in [0, 0.1) is 0 Å². The van der Waals surface area contributed by atoms with Crippen LogP contribution in [0.25, 0.3) is 0 Å². The van der Waals surface area contributed by atoms with Crippen LogP contribution in [0.15, 0.2) is 53.4 Å². The summed E-state index contributed by atoms with van der Waals surface area (Å²) in [6, 6.07) is 13.1. The number of anilines is 2. The molecule has 1 saturated heterocycles. The molecule has 1 aliphatic heterocycles. The van der Waals surface area contributed by atoms with Gasteiger partial charge in [-0.3, -0.25) is 4.72 Å². The number of ether oxygens (including phenoxy) is 1. The van der Waals surface area contributed by atoms with Crippen LogP contribution in [0.2, 0.25) is 0 Å². The Kier molecular flexibility index (Phi) is 6.21. The summed E-state index contributed by atoms with van der Waals surface area (Å²) >= 11 is 0.